The molecule has 3 rings (SSSR count). The molecule has 1 fully saturated rings. The van der Waals surface area contributed by atoms with E-state index in [1.165, 1.54) is 24.0 Å². The molecule has 1 aromatic heterocycles. The van der Waals surface area contributed by atoms with Crippen molar-refractivity contribution in [3.8, 4) is 5.69 Å². The van der Waals surface area contributed by atoms with Crippen molar-refractivity contribution >= 4 is 0 Å². The highest BCUT2D eigenvalue weighted by Gasteiger charge is 2.29. The van der Waals surface area contributed by atoms with E-state index in [9.17, 15) is 0 Å². The van der Waals surface area contributed by atoms with Gasteiger partial charge < -0.3 is 9.47 Å². The van der Waals surface area contributed by atoms with Gasteiger partial charge in [-0.2, -0.15) is 5.10 Å². The van der Waals surface area contributed by atoms with E-state index in [-0.39, 0.29) is 0 Å². The zero-order chi connectivity index (χ0) is 15.5. The summed E-state index contributed by atoms with van der Waals surface area (Å²) in [4.78, 5) is 4.70. The molecule has 1 heterocycles. The SMILES string of the molecule is COCCOCc1nc(C2CC2)nn1-c1cc(C)ccc1C. The monoisotopic (exact) mass is 301 g/mol. The fourth-order valence-electron chi connectivity index (χ4n) is 2.42. The van der Waals surface area contributed by atoms with E-state index in [4.69, 9.17) is 19.6 Å². The molecule has 1 saturated carbocycles. The molecular weight excluding hydrogens is 278 g/mol. The second kappa shape index (κ2) is 6.58. The molecule has 0 radical (unpaired) electrons. The van der Waals surface area contributed by atoms with Crippen molar-refractivity contribution in [1.82, 2.24) is 14.8 Å². The van der Waals surface area contributed by atoms with Gasteiger partial charge in [0, 0.05) is 13.0 Å². The number of nitrogens with zero attached hydrogens (tertiary/aromatic N) is 3. The molecule has 22 heavy (non-hydrogen) atoms. The van der Waals surface area contributed by atoms with Gasteiger partial charge in [-0.25, -0.2) is 9.67 Å². The molecule has 1 aliphatic rings. The van der Waals surface area contributed by atoms with Crippen LogP contribution >= 0.6 is 0 Å². The van der Waals surface area contributed by atoms with Crippen LogP contribution < -0.4 is 0 Å². The van der Waals surface area contributed by atoms with E-state index in [1.54, 1.807) is 7.11 Å². The first-order chi connectivity index (χ1) is 10.7. The second-order valence-electron chi connectivity index (χ2n) is 5.91. The Hall–Kier alpha value is -1.72. The Labute approximate surface area is 131 Å². The standard InChI is InChI=1S/C17H23N3O2/c1-12-4-5-13(2)15(10-12)20-16(11-22-9-8-21-3)18-17(19-20)14-6-7-14/h4-5,10,14H,6-9,11H2,1-3H3. The van der Waals surface area contributed by atoms with Crippen molar-refractivity contribution in [1.29, 1.82) is 0 Å². The number of aromatic nitrogens is 3. The summed E-state index contributed by atoms with van der Waals surface area (Å²) in [5.74, 6) is 2.35. The minimum absolute atomic E-state index is 0.455. The first-order valence-electron chi connectivity index (χ1n) is 7.79. The maximum absolute atomic E-state index is 5.66. The van der Waals surface area contributed by atoms with Gasteiger partial charge in [0.05, 0.1) is 18.9 Å². The normalized spacial score (nSPS) is 14.5. The van der Waals surface area contributed by atoms with Crippen LogP contribution in [0.3, 0.4) is 0 Å². The summed E-state index contributed by atoms with van der Waals surface area (Å²) in [6.07, 6.45) is 2.39. The average molecular weight is 301 g/mol. The number of ether oxygens (including phenoxy) is 2. The molecule has 0 amide bonds. The Morgan fingerprint density at radius 3 is 2.77 bits per heavy atom. The quantitative estimate of drug-likeness (QED) is 0.738. The van der Waals surface area contributed by atoms with Gasteiger partial charge in [-0.3, -0.25) is 0 Å². The number of aryl methyl sites for hydroxylation is 2. The predicted octanol–water partition coefficient (Wildman–Crippen LogP) is 2.92. The molecule has 1 aromatic carbocycles. The van der Waals surface area contributed by atoms with E-state index in [1.807, 2.05) is 4.68 Å². The molecule has 0 aliphatic heterocycles. The van der Waals surface area contributed by atoms with Crippen LogP contribution in [-0.4, -0.2) is 35.1 Å². The van der Waals surface area contributed by atoms with E-state index in [2.05, 4.69) is 32.0 Å². The summed E-state index contributed by atoms with van der Waals surface area (Å²) in [6.45, 7) is 5.80. The van der Waals surface area contributed by atoms with Crippen LogP contribution in [-0.2, 0) is 16.1 Å². The fourth-order valence-corrected chi connectivity index (χ4v) is 2.42. The van der Waals surface area contributed by atoms with Crippen LogP contribution in [0.4, 0.5) is 0 Å². The van der Waals surface area contributed by atoms with Crippen molar-refractivity contribution in [2.75, 3.05) is 20.3 Å². The summed E-state index contributed by atoms with van der Waals surface area (Å²) in [7, 11) is 1.67. The predicted molar refractivity (Wildman–Crippen MR) is 84.3 cm³/mol. The van der Waals surface area contributed by atoms with Gasteiger partial charge >= 0.3 is 0 Å². The van der Waals surface area contributed by atoms with Gasteiger partial charge in [0.15, 0.2) is 11.6 Å². The van der Waals surface area contributed by atoms with E-state index >= 15 is 0 Å². The highest BCUT2D eigenvalue weighted by atomic mass is 16.5. The summed E-state index contributed by atoms with van der Waals surface area (Å²) in [6, 6.07) is 6.39. The molecule has 1 aliphatic carbocycles. The zero-order valence-electron chi connectivity index (χ0n) is 13.5. The summed E-state index contributed by atoms with van der Waals surface area (Å²) in [5.41, 5.74) is 3.50. The highest BCUT2D eigenvalue weighted by molar-refractivity contribution is 5.43. The van der Waals surface area contributed by atoms with Gasteiger partial charge in [-0.15, -0.1) is 0 Å². The van der Waals surface area contributed by atoms with E-state index in [0.29, 0.717) is 25.7 Å². The van der Waals surface area contributed by atoms with Gasteiger partial charge in [-0.05, 0) is 43.9 Å². The first kappa shape index (κ1) is 15.2. The van der Waals surface area contributed by atoms with Crippen LogP contribution in [0.5, 0.6) is 0 Å². The number of methoxy groups -OCH3 is 1. The lowest BCUT2D eigenvalue weighted by Gasteiger charge is -2.10. The largest absolute Gasteiger partial charge is 0.382 e. The van der Waals surface area contributed by atoms with Crippen LogP contribution in [0.15, 0.2) is 18.2 Å². The minimum atomic E-state index is 0.455. The van der Waals surface area contributed by atoms with Crippen LogP contribution in [0.2, 0.25) is 0 Å². The molecule has 118 valence electrons. The zero-order valence-corrected chi connectivity index (χ0v) is 13.5. The van der Waals surface area contributed by atoms with Crippen LogP contribution in [0.25, 0.3) is 5.69 Å². The lowest BCUT2D eigenvalue weighted by Crippen LogP contribution is -2.09. The molecule has 0 spiro atoms. The third-order valence-electron chi connectivity index (χ3n) is 3.89. The Kier molecular flexibility index (Phi) is 4.55. The Morgan fingerprint density at radius 1 is 1.23 bits per heavy atom. The Balaban J connectivity index is 1.88. The average Bonchev–Trinajstić information content (AvgIpc) is 3.27. The van der Waals surface area contributed by atoms with E-state index in [0.717, 1.165) is 17.3 Å². The lowest BCUT2D eigenvalue weighted by molar-refractivity contribution is 0.0578. The van der Waals surface area contributed by atoms with E-state index < -0.39 is 0 Å². The van der Waals surface area contributed by atoms with Crippen molar-refractivity contribution in [2.24, 2.45) is 0 Å². The Bertz CT molecular complexity index is 647. The number of benzene rings is 1. The maximum atomic E-state index is 5.66. The number of hydrogen-bond acceptors (Lipinski definition) is 4. The summed E-state index contributed by atoms with van der Waals surface area (Å²) in [5, 5.41) is 4.74. The molecular formula is C17H23N3O2. The molecule has 5 heteroatoms. The topological polar surface area (TPSA) is 49.2 Å². The summed E-state index contributed by atoms with van der Waals surface area (Å²) < 4.78 is 12.6. The number of rotatable bonds is 7. The minimum Gasteiger partial charge on any atom is -0.382 e. The molecule has 0 atom stereocenters. The third kappa shape index (κ3) is 3.36. The third-order valence-corrected chi connectivity index (χ3v) is 3.89. The highest BCUT2D eigenvalue weighted by Crippen LogP contribution is 2.38. The van der Waals surface area contributed by atoms with Gasteiger partial charge in [0.2, 0.25) is 0 Å². The maximum Gasteiger partial charge on any atom is 0.158 e. The molecule has 5 nitrogen and oxygen atoms in total. The summed E-state index contributed by atoms with van der Waals surface area (Å²) >= 11 is 0. The molecule has 0 unspecified atom stereocenters. The van der Waals surface area contributed by atoms with Crippen molar-refractivity contribution < 1.29 is 9.47 Å². The van der Waals surface area contributed by atoms with Crippen molar-refractivity contribution in [3.63, 3.8) is 0 Å². The number of hydrogen-bond donors (Lipinski definition) is 0. The Morgan fingerprint density at radius 2 is 2.05 bits per heavy atom. The van der Waals surface area contributed by atoms with Crippen molar-refractivity contribution in [2.45, 2.75) is 39.2 Å². The molecule has 2 aromatic rings. The van der Waals surface area contributed by atoms with Crippen LogP contribution in [0, 0.1) is 13.8 Å². The smallest absolute Gasteiger partial charge is 0.158 e. The molecule has 0 saturated heterocycles. The van der Waals surface area contributed by atoms with Gasteiger partial charge in [-0.1, -0.05) is 12.1 Å². The van der Waals surface area contributed by atoms with Gasteiger partial charge in [0.1, 0.15) is 6.61 Å². The lowest BCUT2D eigenvalue weighted by atomic mass is 10.1. The molecule has 0 N–H and O–H groups in total. The van der Waals surface area contributed by atoms with Crippen molar-refractivity contribution in [3.05, 3.63) is 41.0 Å². The van der Waals surface area contributed by atoms with Crippen LogP contribution in [0.1, 0.15) is 41.5 Å². The van der Waals surface area contributed by atoms with Gasteiger partial charge in [0.25, 0.3) is 0 Å². The fraction of sp³-hybridized carbons (Fsp3) is 0.529. The molecule has 0 bridgehead atoms. The first-order valence-corrected chi connectivity index (χ1v) is 7.79. The second-order valence-corrected chi connectivity index (χ2v) is 5.91.